The molecule has 5 heteroatoms. The van der Waals surface area contributed by atoms with Crippen molar-refractivity contribution in [1.29, 1.82) is 0 Å². The van der Waals surface area contributed by atoms with Gasteiger partial charge in [-0.2, -0.15) is 4.37 Å². The quantitative estimate of drug-likeness (QED) is 0.810. The second-order valence-electron chi connectivity index (χ2n) is 4.79. The molecule has 17 heavy (non-hydrogen) atoms. The van der Waals surface area contributed by atoms with Crippen molar-refractivity contribution >= 4 is 16.7 Å². The van der Waals surface area contributed by atoms with Crippen LogP contribution in [-0.2, 0) is 4.74 Å². The fourth-order valence-electron chi connectivity index (χ4n) is 2.85. The molecular weight excluding hydrogens is 234 g/mol. The van der Waals surface area contributed by atoms with Gasteiger partial charge in [0.05, 0.1) is 12.1 Å². The van der Waals surface area contributed by atoms with Gasteiger partial charge in [0.2, 0.25) is 5.13 Å². The zero-order chi connectivity index (χ0) is 12.3. The highest BCUT2D eigenvalue weighted by molar-refractivity contribution is 7.09. The molecule has 1 aromatic rings. The topological polar surface area (TPSA) is 38.2 Å². The van der Waals surface area contributed by atoms with E-state index in [4.69, 9.17) is 4.74 Å². The van der Waals surface area contributed by atoms with E-state index in [1.54, 1.807) is 7.11 Å². The molecule has 96 valence electrons. The predicted molar refractivity (Wildman–Crippen MR) is 70.7 cm³/mol. The van der Waals surface area contributed by atoms with Crippen molar-refractivity contribution in [1.82, 2.24) is 9.36 Å². The molecule has 1 fully saturated rings. The molecular formula is C12H21N3OS. The second-order valence-corrected chi connectivity index (χ2v) is 5.52. The van der Waals surface area contributed by atoms with Crippen molar-refractivity contribution < 1.29 is 4.74 Å². The highest BCUT2D eigenvalue weighted by atomic mass is 32.1. The van der Waals surface area contributed by atoms with Crippen LogP contribution in [0.1, 0.15) is 38.4 Å². The first-order chi connectivity index (χ1) is 8.22. The third-order valence-corrected chi connectivity index (χ3v) is 4.30. The van der Waals surface area contributed by atoms with Gasteiger partial charge in [0, 0.05) is 25.2 Å². The maximum atomic E-state index is 5.45. The lowest BCUT2D eigenvalue weighted by atomic mass is 9.92. The maximum absolute atomic E-state index is 5.45. The van der Waals surface area contributed by atoms with Crippen LogP contribution < -0.4 is 4.90 Å². The SMILES string of the molecule is CCCC1(COC)CCCN1c1nc(C)ns1. The molecule has 2 heterocycles. The first kappa shape index (κ1) is 12.8. The Bertz CT molecular complexity index is 360. The molecule has 1 unspecified atom stereocenters. The van der Waals surface area contributed by atoms with Crippen molar-refractivity contribution in [3.8, 4) is 0 Å². The Morgan fingerprint density at radius 3 is 2.94 bits per heavy atom. The molecule has 1 atom stereocenters. The average molecular weight is 255 g/mol. The van der Waals surface area contributed by atoms with Crippen LogP contribution in [0.4, 0.5) is 5.13 Å². The van der Waals surface area contributed by atoms with Gasteiger partial charge in [-0.3, -0.25) is 0 Å². The van der Waals surface area contributed by atoms with E-state index >= 15 is 0 Å². The molecule has 1 aliphatic heterocycles. The van der Waals surface area contributed by atoms with Gasteiger partial charge in [0.15, 0.2) is 0 Å². The Kier molecular flexibility index (Phi) is 3.99. The lowest BCUT2D eigenvalue weighted by molar-refractivity contribution is 0.127. The minimum absolute atomic E-state index is 0.148. The lowest BCUT2D eigenvalue weighted by Crippen LogP contribution is -2.47. The second kappa shape index (κ2) is 5.31. The van der Waals surface area contributed by atoms with Crippen LogP contribution in [0.5, 0.6) is 0 Å². The summed E-state index contributed by atoms with van der Waals surface area (Å²) >= 11 is 1.51. The van der Waals surface area contributed by atoms with Gasteiger partial charge in [-0.15, -0.1) is 0 Å². The van der Waals surface area contributed by atoms with Gasteiger partial charge in [-0.1, -0.05) is 13.3 Å². The van der Waals surface area contributed by atoms with Crippen molar-refractivity contribution in [2.24, 2.45) is 0 Å². The van der Waals surface area contributed by atoms with Crippen LogP contribution in [0.25, 0.3) is 0 Å². The summed E-state index contributed by atoms with van der Waals surface area (Å²) in [6.07, 6.45) is 4.77. The Morgan fingerprint density at radius 2 is 2.35 bits per heavy atom. The first-order valence-electron chi connectivity index (χ1n) is 6.29. The third kappa shape index (κ3) is 2.45. The Morgan fingerprint density at radius 1 is 1.53 bits per heavy atom. The van der Waals surface area contributed by atoms with Gasteiger partial charge in [-0.05, 0) is 26.2 Å². The summed E-state index contributed by atoms with van der Waals surface area (Å²) in [5, 5.41) is 1.06. The van der Waals surface area contributed by atoms with Crippen LogP contribution >= 0.6 is 11.5 Å². The molecule has 0 N–H and O–H groups in total. The third-order valence-electron chi connectivity index (χ3n) is 3.47. The largest absolute Gasteiger partial charge is 0.382 e. The van der Waals surface area contributed by atoms with Gasteiger partial charge >= 0.3 is 0 Å². The van der Waals surface area contributed by atoms with Crippen LogP contribution in [0.15, 0.2) is 0 Å². The summed E-state index contributed by atoms with van der Waals surface area (Å²) in [7, 11) is 1.79. The first-order valence-corrected chi connectivity index (χ1v) is 7.06. The molecule has 0 amide bonds. The van der Waals surface area contributed by atoms with E-state index in [1.807, 2.05) is 6.92 Å². The number of rotatable bonds is 5. The molecule has 0 spiro atoms. The van der Waals surface area contributed by atoms with Gasteiger partial charge in [0.25, 0.3) is 0 Å². The van der Waals surface area contributed by atoms with E-state index in [1.165, 1.54) is 37.2 Å². The highest BCUT2D eigenvalue weighted by Gasteiger charge is 2.41. The van der Waals surface area contributed by atoms with Gasteiger partial charge in [-0.25, -0.2) is 4.98 Å². The van der Waals surface area contributed by atoms with Crippen LogP contribution in [0.3, 0.4) is 0 Å². The summed E-state index contributed by atoms with van der Waals surface area (Å²) in [6, 6.07) is 0. The molecule has 4 nitrogen and oxygen atoms in total. The van der Waals surface area contributed by atoms with E-state index in [-0.39, 0.29) is 5.54 Å². The van der Waals surface area contributed by atoms with E-state index < -0.39 is 0 Å². The normalized spacial score (nSPS) is 24.5. The Balaban J connectivity index is 2.24. The molecule has 1 aromatic heterocycles. The molecule has 0 bridgehead atoms. The number of hydrogen-bond acceptors (Lipinski definition) is 5. The van der Waals surface area contributed by atoms with E-state index in [9.17, 15) is 0 Å². The molecule has 0 aromatic carbocycles. The van der Waals surface area contributed by atoms with Crippen LogP contribution in [0, 0.1) is 6.92 Å². The zero-order valence-electron chi connectivity index (χ0n) is 10.9. The maximum Gasteiger partial charge on any atom is 0.205 e. The molecule has 0 aliphatic carbocycles. The zero-order valence-corrected chi connectivity index (χ0v) is 11.7. The molecule has 1 aliphatic rings. The Labute approximate surface area is 107 Å². The monoisotopic (exact) mass is 255 g/mol. The standard InChI is InChI=1S/C12H21N3OS/c1-4-6-12(9-16-3)7-5-8-15(12)11-13-10(2)14-17-11/h4-9H2,1-3H3. The summed E-state index contributed by atoms with van der Waals surface area (Å²) in [5.74, 6) is 0.875. The van der Waals surface area contributed by atoms with Crippen molar-refractivity contribution in [3.63, 3.8) is 0 Å². The minimum Gasteiger partial charge on any atom is -0.382 e. The molecule has 2 rings (SSSR count). The smallest absolute Gasteiger partial charge is 0.205 e. The minimum atomic E-state index is 0.148. The number of nitrogens with zero attached hydrogens (tertiary/aromatic N) is 3. The fraction of sp³-hybridized carbons (Fsp3) is 0.833. The predicted octanol–water partition coefficient (Wildman–Crippen LogP) is 2.63. The number of methoxy groups -OCH3 is 1. The number of aryl methyl sites for hydroxylation is 1. The summed E-state index contributed by atoms with van der Waals surface area (Å²) < 4.78 is 9.75. The molecule has 0 saturated carbocycles. The number of aromatic nitrogens is 2. The van der Waals surface area contributed by atoms with E-state index in [0.29, 0.717) is 0 Å². The van der Waals surface area contributed by atoms with Crippen molar-refractivity contribution in [3.05, 3.63) is 5.82 Å². The number of ether oxygens (including phenoxy) is 1. The summed E-state index contributed by atoms with van der Waals surface area (Å²) in [4.78, 5) is 6.95. The average Bonchev–Trinajstić information content (AvgIpc) is 2.86. The molecule has 0 radical (unpaired) electrons. The van der Waals surface area contributed by atoms with Crippen molar-refractivity contribution in [2.75, 3.05) is 25.2 Å². The van der Waals surface area contributed by atoms with Gasteiger partial charge < -0.3 is 9.64 Å². The molecule has 1 saturated heterocycles. The van der Waals surface area contributed by atoms with Gasteiger partial charge in [0.1, 0.15) is 5.82 Å². The summed E-state index contributed by atoms with van der Waals surface area (Å²) in [6.45, 7) is 6.06. The van der Waals surface area contributed by atoms with Crippen molar-refractivity contribution in [2.45, 2.75) is 45.1 Å². The summed E-state index contributed by atoms with van der Waals surface area (Å²) in [5.41, 5.74) is 0.148. The lowest BCUT2D eigenvalue weighted by Gasteiger charge is -2.37. The van der Waals surface area contributed by atoms with Crippen LogP contribution in [0.2, 0.25) is 0 Å². The van der Waals surface area contributed by atoms with Crippen LogP contribution in [-0.4, -0.2) is 35.2 Å². The van der Waals surface area contributed by atoms with E-state index in [0.717, 1.165) is 24.1 Å². The number of hydrogen-bond donors (Lipinski definition) is 0. The Hall–Kier alpha value is -0.680. The fourth-order valence-corrected chi connectivity index (χ4v) is 3.66. The van der Waals surface area contributed by atoms with E-state index in [2.05, 4.69) is 21.2 Å². The highest BCUT2D eigenvalue weighted by Crippen LogP contribution is 2.38. The number of anilines is 1.